The van der Waals surface area contributed by atoms with Crippen molar-refractivity contribution in [3.8, 4) is 0 Å². The highest BCUT2D eigenvalue weighted by Gasteiger charge is 2.24. The van der Waals surface area contributed by atoms with Crippen LogP contribution in [0.1, 0.15) is 36.2 Å². The second-order valence-corrected chi connectivity index (χ2v) is 5.21. The van der Waals surface area contributed by atoms with Crippen LogP contribution in [0.2, 0.25) is 0 Å². The van der Waals surface area contributed by atoms with Crippen LogP contribution in [0.5, 0.6) is 0 Å². The molecule has 21 heavy (non-hydrogen) atoms. The lowest BCUT2D eigenvalue weighted by Crippen LogP contribution is -2.32. The molecule has 2 rings (SSSR count). The molecule has 9 heteroatoms. The molecular formula is C12H14BrN3O5. The molecule has 0 atom stereocenters. The van der Waals surface area contributed by atoms with Crippen LogP contribution in [0.15, 0.2) is 9.59 Å². The third kappa shape index (κ3) is 3.81. The number of carbonyl (C=O) groups is 2. The molecule has 0 unspecified atom stereocenters. The molecular weight excluding hydrogens is 346 g/mol. The number of alkyl halides is 1. The second-order valence-electron chi connectivity index (χ2n) is 4.65. The first kappa shape index (κ1) is 15.5. The summed E-state index contributed by atoms with van der Waals surface area (Å²) in [6, 6.07) is 0. The summed E-state index contributed by atoms with van der Waals surface area (Å²) in [5.74, 6) is -1.35. The minimum atomic E-state index is -0.855. The van der Waals surface area contributed by atoms with Crippen LogP contribution in [-0.2, 0) is 9.53 Å². The lowest BCUT2D eigenvalue weighted by atomic mass is 10.3. The van der Waals surface area contributed by atoms with E-state index in [0.717, 1.165) is 25.7 Å². The van der Waals surface area contributed by atoms with Gasteiger partial charge in [0.15, 0.2) is 5.69 Å². The Labute approximate surface area is 127 Å². The number of anilines is 1. The third-order valence-corrected chi connectivity index (χ3v) is 3.62. The number of amides is 1. The Kier molecular flexibility index (Phi) is 4.94. The smallest absolute Gasteiger partial charge is 0.357 e. The van der Waals surface area contributed by atoms with E-state index in [-0.39, 0.29) is 22.8 Å². The lowest BCUT2D eigenvalue weighted by molar-refractivity contribution is -0.113. The van der Waals surface area contributed by atoms with E-state index in [1.54, 1.807) is 0 Å². The first-order chi connectivity index (χ1) is 10.0. The summed E-state index contributed by atoms with van der Waals surface area (Å²) >= 11 is 2.93. The number of H-pyrrole nitrogens is 2. The van der Waals surface area contributed by atoms with E-state index in [1.165, 1.54) is 0 Å². The average Bonchev–Trinajstić information content (AvgIpc) is 2.93. The Balaban J connectivity index is 2.31. The van der Waals surface area contributed by atoms with Gasteiger partial charge in [-0.25, -0.2) is 9.59 Å². The monoisotopic (exact) mass is 359 g/mol. The number of hydrogen-bond donors (Lipinski definition) is 3. The van der Waals surface area contributed by atoms with Crippen LogP contribution in [-0.4, -0.2) is 33.3 Å². The minimum Gasteiger partial charge on any atom is -0.458 e. The second kappa shape index (κ2) is 6.70. The highest BCUT2D eigenvalue weighted by Crippen LogP contribution is 2.22. The van der Waals surface area contributed by atoms with Crippen molar-refractivity contribution >= 4 is 33.5 Å². The highest BCUT2D eigenvalue weighted by atomic mass is 79.9. The Bertz CT molecular complexity index is 660. The molecule has 1 fully saturated rings. The van der Waals surface area contributed by atoms with Crippen LogP contribution in [0.25, 0.3) is 0 Å². The zero-order valence-electron chi connectivity index (χ0n) is 11.0. The summed E-state index contributed by atoms with van der Waals surface area (Å²) in [6.07, 6.45) is 3.22. The van der Waals surface area contributed by atoms with Gasteiger partial charge in [-0.15, -0.1) is 0 Å². The summed E-state index contributed by atoms with van der Waals surface area (Å²) in [6.45, 7) is 0. The Morgan fingerprint density at radius 1 is 1.24 bits per heavy atom. The van der Waals surface area contributed by atoms with E-state index in [0.29, 0.717) is 0 Å². The van der Waals surface area contributed by atoms with Gasteiger partial charge in [0, 0.05) is 0 Å². The molecule has 1 saturated carbocycles. The number of halogens is 1. The summed E-state index contributed by atoms with van der Waals surface area (Å²) in [7, 11) is 0. The number of esters is 1. The number of carbonyl (C=O) groups excluding carboxylic acids is 2. The molecule has 1 aromatic rings. The quantitative estimate of drug-likeness (QED) is 0.533. The van der Waals surface area contributed by atoms with Crippen molar-refractivity contribution in [3.05, 3.63) is 26.5 Å². The van der Waals surface area contributed by atoms with E-state index in [1.807, 2.05) is 4.98 Å². The van der Waals surface area contributed by atoms with Gasteiger partial charge in [0.25, 0.3) is 5.56 Å². The third-order valence-electron chi connectivity index (χ3n) is 3.11. The van der Waals surface area contributed by atoms with Crippen LogP contribution < -0.4 is 16.6 Å². The molecule has 0 radical (unpaired) electrons. The van der Waals surface area contributed by atoms with Gasteiger partial charge in [-0.05, 0) is 25.7 Å². The fourth-order valence-electron chi connectivity index (χ4n) is 2.15. The number of hydrogen-bond acceptors (Lipinski definition) is 5. The zero-order valence-corrected chi connectivity index (χ0v) is 12.6. The number of aromatic amines is 2. The van der Waals surface area contributed by atoms with Gasteiger partial charge >= 0.3 is 11.7 Å². The molecule has 3 N–H and O–H groups in total. The fraction of sp³-hybridized carbons (Fsp3) is 0.500. The molecule has 0 bridgehead atoms. The van der Waals surface area contributed by atoms with Crippen molar-refractivity contribution in [2.24, 2.45) is 0 Å². The van der Waals surface area contributed by atoms with E-state index < -0.39 is 23.1 Å². The van der Waals surface area contributed by atoms with E-state index in [4.69, 9.17) is 4.74 Å². The maximum absolute atomic E-state index is 12.1. The van der Waals surface area contributed by atoms with Crippen molar-refractivity contribution < 1.29 is 14.3 Å². The van der Waals surface area contributed by atoms with E-state index >= 15 is 0 Å². The van der Waals surface area contributed by atoms with Gasteiger partial charge in [0.05, 0.1) is 5.33 Å². The molecule has 1 amide bonds. The van der Waals surface area contributed by atoms with Gasteiger partial charge in [0.2, 0.25) is 5.91 Å². The first-order valence-electron chi connectivity index (χ1n) is 6.44. The number of nitrogens with one attached hydrogen (secondary N) is 3. The number of rotatable bonds is 4. The Morgan fingerprint density at radius 3 is 2.52 bits per heavy atom. The Morgan fingerprint density at radius 2 is 1.90 bits per heavy atom. The predicted molar refractivity (Wildman–Crippen MR) is 77.8 cm³/mol. The number of ether oxygens (including phenoxy) is 1. The highest BCUT2D eigenvalue weighted by molar-refractivity contribution is 9.09. The molecule has 0 spiro atoms. The molecule has 8 nitrogen and oxygen atoms in total. The van der Waals surface area contributed by atoms with E-state index in [2.05, 4.69) is 26.2 Å². The summed E-state index contributed by atoms with van der Waals surface area (Å²) < 4.78 is 5.24. The normalized spacial score (nSPS) is 14.9. The molecule has 114 valence electrons. The molecule has 0 aromatic carbocycles. The van der Waals surface area contributed by atoms with Gasteiger partial charge in [-0.2, -0.15) is 0 Å². The largest absolute Gasteiger partial charge is 0.458 e. The summed E-state index contributed by atoms with van der Waals surface area (Å²) in [5.41, 5.74) is -2.35. The van der Waals surface area contributed by atoms with Gasteiger partial charge in [-0.3, -0.25) is 19.6 Å². The topological polar surface area (TPSA) is 121 Å². The van der Waals surface area contributed by atoms with Crippen LogP contribution in [0.4, 0.5) is 5.69 Å². The predicted octanol–water partition coefficient (Wildman–Crippen LogP) is 0.496. The maximum atomic E-state index is 12.1. The van der Waals surface area contributed by atoms with Crippen molar-refractivity contribution in [2.45, 2.75) is 31.8 Å². The first-order valence-corrected chi connectivity index (χ1v) is 7.57. The SMILES string of the molecule is O=C(CBr)Nc1c(C(=O)OC2CCCC2)[nH]c(=O)[nH]c1=O. The van der Waals surface area contributed by atoms with Gasteiger partial charge < -0.3 is 10.1 Å². The summed E-state index contributed by atoms with van der Waals surface area (Å²) in [5, 5.41) is 2.21. The molecule has 1 aliphatic carbocycles. The average molecular weight is 360 g/mol. The van der Waals surface area contributed by atoms with E-state index in [9.17, 15) is 19.2 Å². The summed E-state index contributed by atoms with van der Waals surface area (Å²) in [4.78, 5) is 50.7. The fourth-order valence-corrected chi connectivity index (χ4v) is 2.29. The lowest BCUT2D eigenvalue weighted by Gasteiger charge is -2.13. The van der Waals surface area contributed by atoms with Gasteiger partial charge in [-0.1, -0.05) is 15.9 Å². The molecule has 1 aliphatic rings. The van der Waals surface area contributed by atoms with Crippen molar-refractivity contribution in [1.29, 1.82) is 0 Å². The van der Waals surface area contributed by atoms with Crippen LogP contribution in [0.3, 0.4) is 0 Å². The zero-order chi connectivity index (χ0) is 15.4. The van der Waals surface area contributed by atoms with Gasteiger partial charge in [0.1, 0.15) is 11.8 Å². The standard InChI is InChI=1S/C12H14BrN3O5/c13-5-7(17)14-8-9(15-12(20)16-10(8)18)11(19)21-6-3-1-2-4-6/h6H,1-5H2,(H,14,17)(H2,15,16,18,20). The minimum absolute atomic E-state index is 0.0529. The van der Waals surface area contributed by atoms with Crippen LogP contribution in [0, 0.1) is 0 Å². The number of aromatic nitrogens is 2. The van der Waals surface area contributed by atoms with Crippen molar-refractivity contribution in [2.75, 3.05) is 10.6 Å². The molecule has 1 heterocycles. The molecule has 0 saturated heterocycles. The molecule has 0 aliphatic heterocycles. The van der Waals surface area contributed by atoms with Crippen LogP contribution >= 0.6 is 15.9 Å². The van der Waals surface area contributed by atoms with Crippen molar-refractivity contribution in [1.82, 2.24) is 9.97 Å². The van der Waals surface area contributed by atoms with Crippen molar-refractivity contribution in [3.63, 3.8) is 0 Å². The Hall–Kier alpha value is -1.90. The molecule has 1 aromatic heterocycles. The maximum Gasteiger partial charge on any atom is 0.357 e.